The van der Waals surface area contributed by atoms with E-state index in [1.165, 1.54) is 103 Å². The second kappa shape index (κ2) is 18.3. The maximum Gasteiger partial charge on any atom is 0.126 e. The monoisotopic (exact) mass is 372 g/mol. The van der Waals surface area contributed by atoms with Crippen LogP contribution in [-0.4, -0.2) is 54.6 Å². The normalized spacial score (nSPS) is 13.3. The van der Waals surface area contributed by atoms with Crippen LogP contribution in [0.2, 0.25) is 0 Å². The predicted octanol–water partition coefficient (Wildman–Crippen LogP) is 5.68. The Morgan fingerprint density at radius 1 is 0.615 bits per heavy atom. The number of nitrogens with zero attached hydrogens (tertiary/aromatic N) is 1. The number of aliphatic hydroxyl groups is 2. The number of rotatable bonds is 20. The standard InChI is InChI=1S/C23H50NO2/c1-4-5-6-7-8-9-10-11-12-13-14-15-16-17-18-19-20-24(2,3)21-23(26)22-25/h23,25-26H,4-22H2,1-3H3/q+1. The second-order valence-electron chi connectivity index (χ2n) is 8.98. The molecule has 0 fully saturated rings. The van der Waals surface area contributed by atoms with E-state index in [2.05, 4.69) is 21.0 Å². The van der Waals surface area contributed by atoms with Gasteiger partial charge < -0.3 is 14.7 Å². The van der Waals surface area contributed by atoms with Crippen molar-refractivity contribution in [1.82, 2.24) is 0 Å². The van der Waals surface area contributed by atoms with Gasteiger partial charge in [0.05, 0.1) is 27.2 Å². The van der Waals surface area contributed by atoms with E-state index in [-0.39, 0.29) is 6.61 Å². The minimum atomic E-state index is -0.578. The Balaban J connectivity index is 3.22. The Bertz CT molecular complexity index is 281. The number of hydrogen-bond donors (Lipinski definition) is 2. The summed E-state index contributed by atoms with van der Waals surface area (Å²) in [5.41, 5.74) is 0. The lowest BCUT2D eigenvalue weighted by Crippen LogP contribution is -2.46. The first-order valence-corrected chi connectivity index (χ1v) is 11.6. The summed E-state index contributed by atoms with van der Waals surface area (Å²) in [6.45, 7) is 3.90. The summed E-state index contributed by atoms with van der Waals surface area (Å²) in [5, 5.41) is 18.5. The summed E-state index contributed by atoms with van der Waals surface area (Å²) in [7, 11) is 4.29. The fraction of sp³-hybridized carbons (Fsp3) is 1.00. The van der Waals surface area contributed by atoms with E-state index < -0.39 is 6.10 Å². The van der Waals surface area contributed by atoms with Gasteiger partial charge in [-0.15, -0.1) is 0 Å². The highest BCUT2D eigenvalue weighted by Crippen LogP contribution is 2.14. The molecule has 0 radical (unpaired) electrons. The van der Waals surface area contributed by atoms with Crippen LogP contribution in [0.4, 0.5) is 0 Å². The number of likely N-dealkylation sites (N-methyl/N-ethyl adjacent to an activating group) is 1. The molecule has 0 aliphatic carbocycles. The number of aliphatic hydroxyl groups excluding tert-OH is 2. The minimum absolute atomic E-state index is 0.124. The van der Waals surface area contributed by atoms with E-state index in [0.29, 0.717) is 6.54 Å². The molecular weight excluding hydrogens is 322 g/mol. The van der Waals surface area contributed by atoms with Crippen molar-refractivity contribution in [3.8, 4) is 0 Å². The van der Waals surface area contributed by atoms with Crippen LogP contribution in [0, 0.1) is 0 Å². The summed E-state index contributed by atoms with van der Waals surface area (Å²) in [6.07, 6.45) is 21.8. The Kier molecular flexibility index (Phi) is 18.2. The molecule has 1 atom stereocenters. The van der Waals surface area contributed by atoms with E-state index in [9.17, 15) is 5.11 Å². The molecule has 158 valence electrons. The minimum Gasteiger partial charge on any atom is -0.393 e. The van der Waals surface area contributed by atoms with Gasteiger partial charge in [-0.25, -0.2) is 0 Å². The van der Waals surface area contributed by atoms with Gasteiger partial charge in [0.15, 0.2) is 0 Å². The third-order valence-corrected chi connectivity index (χ3v) is 5.53. The maximum atomic E-state index is 9.56. The summed E-state index contributed by atoms with van der Waals surface area (Å²) in [5.74, 6) is 0. The van der Waals surface area contributed by atoms with Crippen molar-refractivity contribution in [3.63, 3.8) is 0 Å². The Labute approximate surface area is 164 Å². The van der Waals surface area contributed by atoms with Gasteiger partial charge in [0.25, 0.3) is 0 Å². The van der Waals surface area contributed by atoms with Crippen molar-refractivity contribution in [1.29, 1.82) is 0 Å². The van der Waals surface area contributed by atoms with Crippen LogP contribution in [0.3, 0.4) is 0 Å². The molecule has 0 rings (SSSR count). The molecule has 0 spiro atoms. The smallest absolute Gasteiger partial charge is 0.126 e. The SMILES string of the molecule is CCCCCCCCCCCCCCCCCC[N+](C)(C)CC(O)CO. The van der Waals surface area contributed by atoms with Crippen molar-refractivity contribution in [2.24, 2.45) is 0 Å². The van der Waals surface area contributed by atoms with Gasteiger partial charge in [-0.1, -0.05) is 96.8 Å². The van der Waals surface area contributed by atoms with Crippen molar-refractivity contribution < 1.29 is 14.7 Å². The zero-order valence-corrected chi connectivity index (χ0v) is 18.4. The van der Waals surface area contributed by atoms with Crippen LogP contribution in [0.25, 0.3) is 0 Å². The Morgan fingerprint density at radius 3 is 1.31 bits per heavy atom. The van der Waals surface area contributed by atoms with Crippen molar-refractivity contribution >= 4 is 0 Å². The average molecular weight is 373 g/mol. The van der Waals surface area contributed by atoms with Gasteiger partial charge in [-0.2, -0.15) is 0 Å². The van der Waals surface area contributed by atoms with Crippen molar-refractivity contribution in [3.05, 3.63) is 0 Å². The molecule has 0 saturated heterocycles. The summed E-state index contributed by atoms with van der Waals surface area (Å²) in [6, 6.07) is 0. The molecule has 0 saturated carbocycles. The maximum absolute atomic E-state index is 9.56. The average Bonchev–Trinajstić information content (AvgIpc) is 2.60. The van der Waals surface area contributed by atoms with Crippen LogP contribution in [-0.2, 0) is 0 Å². The molecule has 26 heavy (non-hydrogen) atoms. The van der Waals surface area contributed by atoms with E-state index in [1.807, 2.05) is 0 Å². The Hall–Kier alpha value is -0.120. The van der Waals surface area contributed by atoms with Gasteiger partial charge in [0, 0.05) is 0 Å². The highest BCUT2D eigenvalue weighted by molar-refractivity contribution is 4.52. The molecule has 0 bridgehead atoms. The molecule has 0 aliphatic rings. The highest BCUT2D eigenvalue weighted by atomic mass is 16.3. The van der Waals surface area contributed by atoms with E-state index in [4.69, 9.17) is 5.11 Å². The zero-order valence-electron chi connectivity index (χ0n) is 18.4. The third kappa shape index (κ3) is 18.7. The van der Waals surface area contributed by atoms with Gasteiger partial charge in [0.2, 0.25) is 0 Å². The van der Waals surface area contributed by atoms with Gasteiger partial charge in [0.1, 0.15) is 12.6 Å². The molecule has 3 nitrogen and oxygen atoms in total. The second-order valence-corrected chi connectivity index (χ2v) is 8.98. The fourth-order valence-electron chi connectivity index (χ4n) is 3.81. The highest BCUT2D eigenvalue weighted by Gasteiger charge is 2.19. The third-order valence-electron chi connectivity index (χ3n) is 5.53. The van der Waals surface area contributed by atoms with Crippen LogP contribution in [0.1, 0.15) is 110 Å². The van der Waals surface area contributed by atoms with E-state index >= 15 is 0 Å². The van der Waals surface area contributed by atoms with Crippen molar-refractivity contribution in [2.75, 3.05) is 33.8 Å². The summed E-state index contributed by atoms with van der Waals surface area (Å²) >= 11 is 0. The summed E-state index contributed by atoms with van der Waals surface area (Å²) in [4.78, 5) is 0. The first-order valence-electron chi connectivity index (χ1n) is 11.6. The largest absolute Gasteiger partial charge is 0.393 e. The first-order chi connectivity index (χ1) is 12.5. The molecule has 0 heterocycles. The molecule has 0 aromatic heterocycles. The molecular formula is C23H50NO2+. The van der Waals surface area contributed by atoms with Crippen molar-refractivity contribution in [2.45, 2.75) is 116 Å². The number of quaternary nitrogens is 1. The number of hydrogen-bond acceptors (Lipinski definition) is 2. The lowest BCUT2D eigenvalue weighted by atomic mass is 10.0. The van der Waals surface area contributed by atoms with Gasteiger partial charge in [-0.05, 0) is 12.8 Å². The fourth-order valence-corrected chi connectivity index (χ4v) is 3.81. The van der Waals surface area contributed by atoms with Crippen LogP contribution in [0.15, 0.2) is 0 Å². The molecule has 0 aromatic rings. The van der Waals surface area contributed by atoms with Crippen LogP contribution >= 0.6 is 0 Å². The van der Waals surface area contributed by atoms with Gasteiger partial charge in [-0.3, -0.25) is 0 Å². The van der Waals surface area contributed by atoms with Crippen LogP contribution < -0.4 is 0 Å². The lowest BCUT2D eigenvalue weighted by molar-refractivity contribution is -0.893. The predicted molar refractivity (Wildman–Crippen MR) is 114 cm³/mol. The molecule has 3 heteroatoms. The molecule has 0 amide bonds. The van der Waals surface area contributed by atoms with Crippen LogP contribution in [0.5, 0.6) is 0 Å². The molecule has 0 aromatic carbocycles. The quantitative estimate of drug-likeness (QED) is 0.213. The van der Waals surface area contributed by atoms with E-state index in [1.54, 1.807) is 0 Å². The Morgan fingerprint density at radius 2 is 0.962 bits per heavy atom. The lowest BCUT2D eigenvalue weighted by Gasteiger charge is -2.31. The van der Waals surface area contributed by atoms with E-state index in [0.717, 1.165) is 11.0 Å². The molecule has 2 N–H and O–H groups in total. The molecule has 1 unspecified atom stereocenters. The zero-order chi connectivity index (χ0) is 19.5. The molecule has 0 aliphatic heterocycles. The topological polar surface area (TPSA) is 40.5 Å². The first kappa shape index (κ1) is 25.9. The summed E-state index contributed by atoms with van der Waals surface area (Å²) < 4.78 is 0.806. The number of unbranched alkanes of at least 4 members (excludes halogenated alkanes) is 15. The van der Waals surface area contributed by atoms with Gasteiger partial charge >= 0.3 is 0 Å².